The number of aliphatic carboxylic acids is 1. The number of carbonyl (C=O) groups excluding carboxylic acids is 1. The van der Waals surface area contributed by atoms with Crippen LogP contribution in [0.2, 0.25) is 0 Å². The Hall–Kier alpha value is -2.24. The number of benzene rings is 1. The summed E-state index contributed by atoms with van der Waals surface area (Å²) in [6, 6.07) is 5.57. The molecule has 1 aromatic carbocycles. The molecular formula is C14H17NO5. The number of aryl methyl sites for hydroxylation is 1. The maximum Gasteiger partial charge on any atom is 0.308 e. The molecule has 1 atom stereocenters. The van der Waals surface area contributed by atoms with Gasteiger partial charge < -0.3 is 19.9 Å². The molecule has 0 saturated carbocycles. The summed E-state index contributed by atoms with van der Waals surface area (Å²) in [5.41, 5.74) is 0.982. The highest BCUT2D eigenvalue weighted by molar-refractivity contribution is 5.77. The zero-order valence-electron chi connectivity index (χ0n) is 11.2. The molecule has 0 bridgehead atoms. The lowest BCUT2D eigenvalue weighted by Crippen LogP contribution is -2.31. The Morgan fingerprint density at radius 2 is 2.10 bits per heavy atom. The molecule has 2 N–H and O–H groups in total. The molecule has 108 valence electrons. The SMILES string of the molecule is CC(CNC(=O)CCc1ccc2c(c1)OCO2)C(=O)O. The number of hydrogen-bond donors (Lipinski definition) is 2. The van der Waals surface area contributed by atoms with Gasteiger partial charge in [-0.05, 0) is 24.1 Å². The Labute approximate surface area is 116 Å². The van der Waals surface area contributed by atoms with Crippen molar-refractivity contribution in [2.75, 3.05) is 13.3 Å². The van der Waals surface area contributed by atoms with Crippen molar-refractivity contribution in [3.05, 3.63) is 23.8 Å². The predicted octanol–water partition coefficient (Wildman–Crippen LogP) is 1.18. The average molecular weight is 279 g/mol. The number of rotatable bonds is 6. The van der Waals surface area contributed by atoms with E-state index in [9.17, 15) is 9.59 Å². The third kappa shape index (κ3) is 3.63. The van der Waals surface area contributed by atoms with E-state index < -0.39 is 11.9 Å². The number of fused-ring (bicyclic) bond motifs is 1. The van der Waals surface area contributed by atoms with Gasteiger partial charge in [0.1, 0.15) is 0 Å². The van der Waals surface area contributed by atoms with Crippen molar-refractivity contribution in [2.45, 2.75) is 19.8 Å². The molecule has 0 fully saturated rings. The first-order chi connectivity index (χ1) is 9.56. The van der Waals surface area contributed by atoms with Crippen molar-refractivity contribution in [2.24, 2.45) is 5.92 Å². The Morgan fingerprint density at radius 1 is 1.35 bits per heavy atom. The van der Waals surface area contributed by atoms with Crippen LogP contribution in [0.15, 0.2) is 18.2 Å². The van der Waals surface area contributed by atoms with E-state index in [1.54, 1.807) is 6.92 Å². The molecule has 0 aromatic heterocycles. The molecule has 6 heteroatoms. The molecule has 6 nitrogen and oxygen atoms in total. The summed E-state index contributed by atoms with van der Waals surface area (Å²) in [6.45, 7) is 1.93. The quantitative estimate of drug-likeness (QED) is 0.817. The molecule has 1 amide bonds. The number of hydrogen-bond acceptors (Lipinski definition) is 4. The molecule has 1 aliphatic heterocycles. The smallest absolute Gasteiger partial charge is 0.308 e. The van der Waals surface area contributed by atoms with Crippen molar-refractivity contribution in [3.63, 3.8) is 0 Å². The summed E-state index contributed by atoms with van der Waals surface area (Å²) in [5.74, 6) is -0.239. The van der Waals surface area contributed by atoms with Crippen LogP contribution in [-0.2, 0) is 16.0 Å². The third-order valence-corrected chi connectivity index (χ3v) is 3.10. The minimum absolute atomic E-state index is 0.148. The highest BCUT2D eigenvalue weighted by Gasteiger charge is 2.14. The van der Waals surface area contributed by atoms with Gasteiger partial charge in [0, 0.05) is 13.0 Å². The maximum absolute atomic E-state index is 11.6. The summed E-state index contributed by atoms with van der Waals surface area (Å²) in [6.07, 6.45) is 0.885. The van der Waals surface area contributed by atoms with Crippen LogP contribution in [0, 0.1) is 5.92 Å². The van der Waals surface area contributed by atoms with Crippen LogP contribution in [0.3, 0.4) is 0 Å². The van der Waals surface area contributed by atoms with Gasteiger partial charge in [-0.3, -0.25) is 9.59 Å². The van der Waals surface area contributed by atoms with Gasteiger partial charge in [0.05, 0.1) is 5.92 Å². The second-order valence-electron chi connectivity index (χ2n) is 4.73. The first kappa shape index (κ1) is 14.2. The van der Waals surface area contributed by atoms with Crippen molar-refractivity contribution in [1.29, 1.82) is 0 Å². The molecule has 0 aliphatic carbocycles. The van der Waals surface area contributed by atoms with E-state index >= 15 is 0 Å². The second kappa shape index (κ2) is 6.27. The number of nitrogens with one attached hydrogen (secondary N) is 1. The first-order valence-corrected chi connectivity index (χ1v) is 6.44. The molecule has 0 spiro atoms. The summed E-state index contributed by atoms with van der Waals surface area (Å²) in [7, 11) is 0. The van der Waals surface area contributed by atoms with Gasteiger partial charge >= 0.3 is 5.97 Å². The number of amides is 1. The Kier molecular flexibility index (Phi) is 4.45. The van der Waals surface area contributed by atoms with Crippen LogP contribution in [0.5, 0.6) is 11.5 Å². The van der Waals surface area contributed by atoms with E-state index in [0.29, 0.717) is 24.3 Å². The van der Waals surface area contributed by atoms with Crippen LogP contribution in [0.4, 0.5) is 0 Å². The van der Waals surface area contributed by atoms with Crippen molar-refractivity contribution in [3.8, 4) is 11.5 Å². The molecule has 1 heterocycles. The van der Waals surface area contributed by atoms with Crippen LogP contribution >= 0.6 is 0 Å². The molecule has 1 unspecified atom stereocenters. The zero-order valence-corrected chi connectivity index (χ0v) is 11.2. The van der Waals surface area contributed by atoms with Gasteiger partial charge in [0.15, 0.2) is 11.5 Å². The minimum Gasteiger partial charge on any atom is -0.481 e. The number of carboxylic acid groups (broad SMARTS) is 1. The van der Waals surface area contributed by atoms with Crippen LogP contribution in [0.1, 0.15) is 18.9 Å². The fourth-order valence-electron chi connectivity index (χ4n) is 1.80. The van der Waals surface area contributed by atoms with E-state index in [1.165, 1.54) is 0 Å². The van der Waals surface area contributed by atoms with Gasteiger partial charge in [-0.15, -0.1) is 0 Å². The largest absolute Gasteiger partial charge is 0.481 e. The van der Waals surface area contributed by atoms with Gasteiger partial charge in [-0.1, -0.05) is 13.0 Å². The summed E-state index contributed by atoms with van der Waals surface area (Å²) in [4.78, 5) is 22.2. The highest BCUT2D eigenvalue weighted by atomic mass is 16.7. The molecule has 0 saturated heterocycles. The summed E-state index contributed by atoms with van der Waals surface area (Å²) >= 11 is 0. The van der Waals surface area contributed by atoms with E-state index in [2.05, 4.69) is 5.32 Å². The van der Waals surface area contributed by atoms with E-state index in [1.807, 2.05) is 18.2 Å². The van der Waals surface area contributed by atoms with Crippen molar-refractivity contribution in [1.82, 2.24) is 5.32 Å². The van der Waals surface area contributed by atoms with Crippen LogP contribution in [0.25, 0.3) is 0 Å². The molecule has 20 heavy (non-hydrogen) atoms. The molecular weight excluding hydrogens is 262 g/mol. The monoisotopic (exact) mass is 279 g/mol. The summed E-state index contributed by atoms with van der Waals surface area (Å²) in [5, 5.41) is 11.3. The number of carbonyl (C=O) groups is 2. The number of ether oxygens (including phenoxy) is 2. The highest BCUT2D eigenvalue weighted by Crippen LogP contribution is 2.32. The van der Waals surface area contributed by atoms with Gasteiger partial charge in [0.25, 0.3) is 0 Å². The normalized spacial score (nSPS) is 13.8. The molecule has 1 aliphatic rings. The molecule has 2 rings (SSSR count). The minimum atomic E-state index is -0.916. The second-order valence-corrected chi connectivity index (χ2v) is 4.73. The molecule has 1 aromatic rings. The third-order valence-electron chi connectivity index (χ3n) is 3.10. The maximum atomic E-state index is 11.6. The Morgan fingerprint density at radius 3 is 2.85 bits per heavy atom. The van der Waals surface area contributed by atoms with Crippen molar-refractivity contribution < 1.29 is 24.2 Å². The van der Waals surface area contributed by atoms with Gasteiger partial charge in [-0.25, -0.2) is 0 Å². The average Bonchev–Trinajstić information content (AvgIpc) is 2.89. The lowest BCUT2D eigenvalue weighted by atomic mass is 10.1. The van der Waals surface area contributed by atoms with E-state index in [-0.39, 0.29) is 19.2 Å². The van der Waals surface area contributed by atoms with E-state index in [4.69, 9.17) is 14.6 Å². The zero-order chi connectivity index (χ0) is 14.5. The van der Waals surface area contributed by atoms with Crippen LogP contribution < -0.4 is 14.8 Å². The predicted molar refractivity (Wildman–Crippen MR) is 70.7 cm³/mol. The van der Waals surface area contributed by atoms with Gasteiger partial charge in [-0.2, -0.15) is 0 Å². The van der Waals surface area contributed by atoms with Crippen LogP contribution in [-0.4, -0.2) is 30.3 Å². The van der Waals surface area contributed by atoms with Gasteiger partial charge in [0.2, 0.25) is 12.7 Å². The fourth-order valence-corrected chi connectivity index (χ4v) is 1.80. The standard InChI is InChI=1S/C14H17NO5/c1-9(14(17)18)7-15-13(16)5-3-10-2-4-11-12(6-10)20-8-19-11/h2,4,6,9H,3,5,7-8H2,1H3,(H,15,16)(H,17,18). The molecule has 0 radical (unpaired) electrons. The lowest BCUT2D eigenvalue weighted by Gasteiger charge is -2.08. The summed E-state index contributed by atoms with van der Waals surface area (Å²) < 4.78 is 10.5. The topological polar surface area (TPSA) is 84.9 Å². The Balaban J connectivity index is 1.77. The number of carboxylic acids is 1. The fraction of sp³-hybridized carbons (Fsp3) is 0.429. The lowest BCUT2D eigenvalue weighted by molar-refractivity contribution is -0.141. The van der Waals surface area contributed by atoms with Crippen molar-refractivity contribution >= 4 is 11.9 Å². The Bertz CT molecular complexity index is 514. The van der Waals surface area contributed by atoms with E-state index in [0.717, 1.165) is 5.56 Å². The first-order valence-electron chi connectivity index (χ1n) is 6.44.